The number of aryl methyl sites for hydroxylation is 1. The topological polar surface area (TPSA) is 33.1 Å². The van der Waals surface area contributed by atoms with Gasteiger partial charge in [-0.2, -0.15) is 0 Å². The van der Waals surface area contributed by atoms with Gasteiger partial charge in [0, 0.05) is 24.8 Å². The molecule has 0 bridgehead atoms. The Morgan fingerprint density at radius 3 is 2.50 bits per heavy atom. The molecule has 0 spiro atoms. The number of anilines is 1. The number of likely N-dealkylation sites (N-methyl/N-ethyl adjacent to an activating group) is 1. The van der Waals surface area contributed by atoms with Crippen LogP contribution in [0.2, 0.25) is 0 Å². The lowest BCUT2D eigenvalue weighted by Gasteiger charge is -2.32. The molecule has 1 aromatic rings. The third kappa shape index (κ3) is 4.02. The zero-order valence-corrected chi connectivity index (χ0v) is 12.9. The first kappa shape index (κ1) is 15.0. The van der Waals surface area contributed by atoms with Gasteiger partial charge in [-0.3, -0.25) is 0 Å². The SMILES string of the molecule is Cc1cn(CC(C)C)c(NCC(C)(C)N(C)C)n1. The molecule has 0 atom stereocenters. The fourth-order valence-corrected chi connectivity index (χ4v) is 1.67. The van der Waals surface area contributed by atoms with E-state index in [0.717, 1.165) is 24.7 Å². The first-order chi connectivity index (χ1) is 8.22. The highest BCUT2D eigenvalue weighted by molar-refractivity contribution is 5.29. The van der Waals surface area contributed by atoms with Crippen LogP contribution in [0.3, 0.4) is 0 Å². The van der Waals surface area contributed by atoms with Crippen molar-refractivity contribution in [2.24, 2.45) is 5.92 Å². The number of aromatic nitrogens is 2. The van der Waals surface area contributed by atoms with E-state index in [1.165, 1.54) is 0 Å². The molecule has 0 aromatic carbocycles. The molecule has 0 aliphatic heterocycles. The molecule has 4 nitrogen and oxygen atoms in total. The fourth-order valence-electron chi connectivity index (χ4n) is 1.67. The van der Waals surface area contributed by atoms with Crippen molar-refractivity contribution in [3.63, 3.8) is 0 Å². The number of rotatable bonds is 6. The van der Waals surface area contributed by atoms with Gasteiger partial charge in [0.1, 0.15) is 0 Å². The normalized spacial score (nSPS) is 12.5. The Morgan fingerprint density at radius 1 is 1.39 bits per heavy atom. The molecule has 104 valence electrons. The van der Waals surface area contributed by atoms with Gasteiger partial charge in [0.2, 0.25) is 5.95 Å². The van der Waals surface area contributed by atoms with Crippen LogP contribution in [0, 0.1) is 12.8 Å². The lowest BCUT2D eigenvalue weighted by molar-refractivity contribution is 0.209. The second kappa shape index (κ2) is 5.74. The van der Waals surface area contributed by atoms with Crippen LogP contribution in [0.5, 0.6) is 0 Å². The minimum Gasteiger partial charge on any atom is -0.354 e. The largest absolute Gasteiger partial charge is 0.354 e. The van der Waals surface area contributed by atoms with E-state index in [4.69, 9.17) is 0 Å². The van der Waals surface area contributed by atoms with Crippen LogP contribution in [-0.4, -0.2) is 40.6 Å². The minimum atomic E-state index is 0.114. The zero-order chi connectivity index (χ0) is 13.9. The third-order valence-corrected chi connectivity index (χ3v) is 3.35. The molecular formula is C14H28N4. The summed E-state index contributed by atoms with van der Waals surface area (Å²) < 4.78 is 2.21. The van der Waals surface area contributed by atoms with Gasteiger partial charge in [0.05, 0.1) is 5.69 Å². The van der Waals surface area contributed by atoms with Gasteiger partial charge in [0.25, 0.3) is 0 Å². The molecule has 0 amide bonds. The van der Waals surface area contributed by atoms with Gasteiger partial charge in [-0.15, -0.1) is 0 Å². The van der Waals surface area contributed by atoms with E-state index in [2.05, 4.69) is 67.8 Å². The van der Waals surface area contributed by atoms with E-state index < -0.39 is 0 Å². The summed E-state index contributed by atoms with van der Waals surface area (Å²) in [5, 5.41) is 3.47. The van der Waals surface area contributed by atoms with Crippen LogP contribution in [-0.2, 0) is 6.54 Å². The van der Waals surface area contributed by atoms with Crippen LogP contribution >= 0.6 is 0 Å². The van der Waals surface area contributed by atoms with Crippen molar-refractivity contribution in [2.45, 2.75) is 46.7 Å². The average molecular weight is 252 g/mol. The Hall–Kier alpha value is -1.03. The smallest absolute Gasteiger partial charge is 0.203 e. The molecule has 0 aliphatic carbocycles. The standard InChI is InChI=1S/C14H28N4/c1-11(2)8-18-9-12(3)16-13(18)15-10-14(4,5)17(6)7/h9,11H,8,10H2,1-7H3,(H,15,16). The summed E-state index contributed by atoms with van der Waals surface area (Å²) in [4.78, 5) is 6.78. The lowest BCUT2D eigenvalue weighted by Crippen LogP contribution is -2.44. The van der Waals surface area contributed by atoms with E-state index >= 15 is 0 Å². The van der Waals surface area contributed by atoms with Gasteiger partial charge in [-0.1, -0.05) is 13.8 Å². The van der Waals surface area contributed by atoms with E-state index in [1.54, 1.807) is 0 Å². The van der Waals surface area contributed by atoms with Gasteiger partial charge in [0.15, 0.2) is 0 Å². The van der Waals surface area contributed by atoms with Crippen molar-refractivity contribution < 1.29 is 0 Å². The molecular weight excluding hydrogens is 224 g/mol. The van der Waals surface area contributed by atoms with E-state index in [-0.39, 0.29) is 5.54 Å². The summed E-state index contributed by atoms with van der Waals surface area (Å²) in [6.07, 6.45) is 2.12. The summed E-state index contributed by atoms with van der Waals surface area (Å²) in [5.41, 5.74) is 1.18. The molecule has 1 aromatic heterocycles. The molecule has 1 N–H and O–H groups in total. The monoisotopic (exact) mass is 252 g/mol. The number of nitrogens with one attached hydrogen (secondary N) is 1. The molecule has 0 unspecified atom stereocenters. The second-order valence-corrected chi connectivity index (χ2v) is 6.31. The van der Waals surface area contributed by atoms with Crippen molar-refractivity contribution in [1.82, 2.24) is 14.5 Å². The minimum absolute atomic E-state index is 0.114. The summed E-state index contributed by atoms with van der Waals surface area (Å²) >= 11 is 0. The van der Waals surface area contributed by atoms with Crippen molar-refractivity contribution in [3.8, 4) is 0 Å². The molecule has 0 saturated heterocycles. The van der Waals surface area contributed by atoms with Gasteiger partial charge in [-0.05, 0) is 40.8 Å². The number of hydrogen-bond donors (Lipinski definition) is 1. The number of hydrogen-bond acceptors (Lipinski definition) is 3. The van der Waals surface area contributed by atoms with Crippen molar-refractivity contribution >= 4 is 5.95 Å². The van der Waals surface area contributed by atoms with Gasteiger partial charge in [-0.25, -0.2) is 4.98 Å². The van der Waals surface area contributed by atoms with Crippen molar-refractivity contribution in [2.75, 3.05) is 26.0 Å². The lowest BCUT2D eigenvalue weighted by atomic mass is 10.1. The summed E-state index contributed by atoms with van der Waals surface area (Å²) in [6, 6.07) is 0. The van der Waals surface area contributed by atoms with Gasteiger partial charge < -0.3 is 14.8 Å². The predicted molar refractivity (Wildman–Crippen MR) is 78.1 cm³/mol. The van der Waals surface area contributed by atoms with Crippen LogP contribution < -0.4 is 5.32 Å². The second-order valence-electron chi connectivity index (χ2n) is 6.31. The van der Waals surface area contributed by atoms with E-state index in [1.807, 2.05) is 6.92 Å². The maximum absolute atomic E-state index is 4.56. The van der Waals surface area contributed by atoms with E-state index in [0.29, 0.717) is 5.92 Å². The highest BCUT2D eigenvalue weighted by Gasteiger charge is 2.21. The van der Waals surface area contributed by atoms with E-state index in [9.17, 15) is 0 Å². The van der Waals surface area contributed by atoms with Crippen molar-refractivity contribution in [3.05, 3.63) is 11.9 Å². The summed E-state index contributed by atoms with van der Waals surface area (Å²) in [6.45, 7) is 12.8. The number of imidazole rings is 1. The van der Waals surface area contributed by atoms with Crippen molar-refractivity contribution in [1.29, 1.82) is 0 Å². The average Bonchev–Trinajstić information content (AvgIpc) is 2.55. The molecule has 0 radical (unpaired) electrons. The maximum atomic E-state index is 4.56. The highest BCUT2D eigenvalue weighted by Crippen LogP contribution is 2.15. The quantitative estimate of drug-likeness (QED) is 0.845. The maximum Gasteiger partial charge on any atom is 0.203 e. The molecule has 18 heavy (non-hydrogen) atoms. The van der Waals surface area contributed by atoms with Crippen LogP contribution in [0.1, 0.15) is 33.4 Å². The predicted octanol–water partition coefficient (Wildman–Crippen LogP) is 2.60. The summed E-state index contributed by atoms with van der Waals surface area (Å²) in [7, 11) is 4.21. The molecule has 0 fully saturated rings. The van der Waals surface area contributed by atoms with Crippen LogP contribution in [0.25, 0.3) is 0 Å². The Bertz CT molecular complexity index is 377. The van der Waals surface area contributed by atoms with Crippen LogP contribution in [0.15, 0.2) is 6.20 Å². The highest BCUT2D eigenvalue weighted by atomic mass is 15.2. The molecule has 0 aliphatic rings. The third-order valence-electron chi connectivity index (χ3n) is 3.35. The Balaban J connectivity index is 2.72. The van der Waals surface area contributed by atoms with Crippen LogP contribution in [0.4, 0.5) is 5.95 Å². The zero-order valence-electron chi connectivity index (χ0n) is 12.9. The Labute approximate surface area is 111 Å². The molecule has 1 heterocycles. The Kier molecular flexibility index (Phi) is 4.79. The summed E-state index contributed by atoms with van der Waals surface area (Å²) in [5.74, 6) is 1.61. The van der Waals surface area contributed by atoms with Gasteiger partial charge >= 0.3 is 0 Å². The fraction of sp³-hybridized carbons (Fsp3) is 0.786. The number of nitrogens with zero attached hydrogens (tertiary/aromatic N) is 3. The molecule has 1 rings (SSSR count). The first-order valence-corrected chi connectivity index (χ1v) is 6.67. The Morgan fingerprint density at radius 2 is 2.00 bits per heavy atom. The molecule has 0 saturated carbocycles. The molecule has 4 heteroatoms. The first-order valence-electron chi connectivity index (χ1n) is 6.67.